The molecule has 1 aromatic rings. The van der Waals surface area contributed by atoms with Gasteiger partial charge in [0.1, 0.15) is 5.75 Å². The van der Waals surface area contributed by atoms with Crippen molar-refractivity contribution in [3.05, 3.63) is 29.8 Å². The van der Waals surface area contributed by atoms with E-state index in [1.165, 1.54) is 0 Å². The van der Waals surface area contributed by atoms with Crippen LogP contribution in [-0.4, -0.2) is 19.6 Å². The lowest BCUT2D eigenvalue weighted by Crippen LogP contribution is -2.34. The molecule has 1 amide bonds. The quantitative estimate of drug-likeness (QED) is 0.811. The predicted molar refractivity (Wildman–Crippen MR) is 72.3 cm³/mol. The summed E-state index contributed by atoms with van der Waals surface area (Å²) in [7, 11) is 1.63. The summed E-state index contributed by atoms with van der Waals surface area (Å²) in [6, 6.07) is 7.49. The van der Waals surface area contributed by atoms with E-state index in [1.54, 1.807) is 7.11 Å². The zero-order valence-electron chi connectivity index (χ0n) is 11.3. The fourth-order valence-corrected chi connectivity index (χ4v) is 1.21. The van der Waals surface area contributed by atoms with Crippen LogP contribution in [0.4, 0.5) is 0 Å². The van der Waals surface area contributed by atoms with Gasteiger partial charge in [-0.1, -0.05) is 32.6 Å². The van der Waals surface area contributed by atoms with Crippen molar-refractivity contribution in [2.24, 2.45) is 5.41 Å². The molecule has 96 valence electrons. The molecule has 0 aliphatic heterocycles. The number of hydrogen-bond acceptors (Lipinski definition) is 2. The minimum absolute atomic E-state index is 0.00605. The largest absolute Gasteiger partial charge is 0.497 e. The van der Waals surface area contributed by atoms with Crippen LogP contribution < -0.4 is 10.1 Å². The maximum atomic E-state index is 11.6. The molecule has 1 N–H and O–H groups in total. The van der Waals surface area contributed by atoms with E-state index in [4.69, 9.17) is 4.74 Å². The Labute approximate surface area is 109 Å². The number of ether oxygens (including phenoxy) is 1. The number of methoxy groups -OCH3 is 1. The summed E-state index contributed by atoms with van der Waals surface area (Å²) in [5, 5.41) is 2.78. The minimum atomic E-state index is -0.373. The monoisotopic (exact) mass is 245 g/mol. The number of carbonyl (C=O) groups excluding carboxylic acids is 1. The van der Waals surface area contributed by atoms with Gasteiger partial charge < -0.3 is 10.1 Å². The van der Waals surface area contributed by atoms with E-state index in [9.17, 15) is 4.79 Å². The van der Waals surface area contributed by atoms with E-state index < -0.39 is 0 Å². The molecule has 0 spiro atoms. The second-order valence-corrected chi connectivity index (χ2v) is 4.96. The number of amides is 1. The number of hydrogen-bond donors (Lipinski definition) is 1. The normalized spacial score (nSPS) is 10.2. The first kappa shape index (κ1) is 14.1. The van der Waals surface area contributed by atoms with Gasteiger partial charge in [0.05, 0.1) is 13.7 Å². The van der Waals surface area contributed by atoms with Crippen LogP contribution >= 0.6 is 0 Å². The van der Waals surface area contributed by atoms with Crippen LogP contribution in [-0.2, 0) is 4.79 Å². The zero-order chi connectivity index (χ0) is 13.6. The van der Waals surface area contributed by atoms with Crippen molar-refractivity contribution in [1.82, 2.24) is 5.32 Å². The Morgan fingerprint density at radius 2 is 1.89 bits per heavy atom. The molecule has 0 saturated carbocycles. The topological polar surface area (TPSA) is 38.3 Å². The first-order chi connectivity index (χ1) is 8.43. The third-order valence-corrected chi connectivity index (χ3v) is 2.34. The maximum absolute atomic E-state index is 11.6. The molecule has 0 atom stereocenters. The Hall–Kier alpha value is -1.95. The van der Waals surface area contributed by atoms with E-state index in [-0.39, 0.29) is 11.3 Å². The van der Waals surface area contributed by atoms with Crippen molar-refractivity contribution < 1.29 is 9.53 Å². The van der Waals surface area contributed by atoms with Crippen molar-refractivity contribution in [1.29, 1.82) is 0 Å². The zero-order valence-corrected chi connectivity index (χ0v) is 11.3. The van der Waals surface area contributed by atoms with Gasteiger partial charge in [-0.05, 0) is 24.3 Å². The van der Waals surface area contributed by atoms with E-state index >= 15 is 0 Å². The Kier molecular flexibility index (Phi) is 4.79. The molecule has 0 radical (unpaired) electrons. The van der Waals surface area contributed by atoms with Gasteiger partial charge in [0.2, 0.25) is 5.91 Å². The summed E-state index contributed by atoms with van der Waals surface area (Å²) in [5.41, 5.74) is 0.530. The van der Waals surface area contributed by atoms with Gasteiger partial charge in [-0.15, -0.1) is 0 Å². The van der Waals surface area contributed by atoms with Crippen molar-refractivity contribution in [2.45, 2.75) is 20.8 Å². The minimum Gasteiger partial charge on any atom is -0.497 e. The molecule has 0 unspecified atom stereocenters. The molecule has 0 heterocycles. The highest BCUT2D eigenvalue weighted by molar-refractivity contribution is 5.81. The molecule has 3 nitrogen and oxygen atoms in total. The van der Waals surface area contributed by atoms with Gasteiger partial charge in [-0.2, -0.15) is 0 Å². The molecule has 0 saturated heterocycles. The van der Waals surface area contributed by atoms with Crippen molar-refractivity contribution in [3.8, 4) is 17.6 Å². The third-order valence-electron chi connectivity index (χ3n) is 2.34. The van der Waals surface area contributed by atoms with Crippen LogP contribution in [0.5, 0.6) is 5.75 Å². The molecule has 0 fully saturated rings. The van der Waals surface area contributed by atoms with Crippen LogP contribution in [0, 0.1) is 17.3 Å². The summed E-state index contributed by atoms with van der Waals surface area (Å²) in [6.07, 6.45) is 0. The standard InChI is InChI=1S/C15H19NO2/c1-15(2,3)14(17)16-11-5-6-12-7-9-13(18-4)10-8-12/h7-10H,11H2,1-4H3,(H,16,17). The second kappa shape index (κ2) is 6.11. The molecule has 1 aromatic carbocycles. The molecule has 0 bridgehead atoms. The molecule has 0 aliphatic rings. The summed E-state index contributed by atoms with van der Waals surface area (Å²) < 4.78 is 5.06. The van der Waals surface area contributed by atoms with Gasteiger partial charge in [0.15, 0.2) is 0 Å². The Balaban J connectivity index is 2.49. The average molecular weight is 245 g/mol. The summed E-state index contributed by atoms with van der Waals surface area (Å²) in [5.74, 6) is 6.71. The van der Waals surface area contributed by atoms with Crippen LogP contribution in [0.3, 0.4) is 0 Å². The summed E-state index contributed by atoms with van der Waals surface area (Å²) in [6.45, 7) is 5.99. The van der Waals surface area contributed by atoms with Gasteiger partial charge in [0.25, 0.3) is 0 Å². The number of rotatable bonds is 2. The highest BCUT2D eigenvalue weighted by atomic mass is 16.5. The third kappa shape index (κ3) is 4.50. The smallest absolute Gasteiger partial charge is 0.226 e. The van der Waals surface area contributed by atoms with Gasteiger partial charge >= 0.3 is 0 Å². The van der Waals surface area contributed by atoms with Gasteiger partial charge in [-0.25, -0.2) is 0 Å². The Morgan fingerprint density at radius 3 is 2.39 bits per heavy atom. The molecular formula is C15H19NO2. The van der Waals surface area contributed by atoms with Gasteiger partial charge in [-0.3, -0.25) is 4.79 Å². The lowest BCUT2D eigenvalue weighted by molar-refractivity contribution is -0.128. The lowest BCUT2D eigenvalue weighted by Gasteiger charge is -2.15. The van der Waals surface area contributed by atoms with Crippen LogP contribution in [0.2, 0.25) is 0 Å². The molecule has 1 rings (SSSR count). The predicted octanol–water partition coefficient (Wildman–Crippen LogP) is 2.21. The number of nitrogens with one attached hydrogen (secondary N) is 1. The SMILES string of the molecule is COc1ccc(C#CCNC(=O)C(C)(C)C)cc1. The fraction of sp³-hybridized carbons (Fsp3) is 0.400. The summed E-state index contributed by atoms with van der Waals surface area (Å²) >= 11 is 0. The van der Waals surface area contributed by atoms with Crippen molar-refractivity contribution >= 4 is 5.91 Å². The average Bonchev–Trinajstić information content (AvgIpc) is 2.34. The maximum Gasteiger partial charge on any atom is 0.226 e. The highest BCUT2D eigenvalue weighted by Gasteiger charge is 2.19. The first-order valence-electron chi connectivity index (χ1n) is 5.84. The number of benzene rings is 1. The molecular weight excluding hydrogens is 226 g/mol. The molecule has 18 heavy (non-hydrogen) atoms. The van der Waals surface area contributed by atoms with Crippen LogP contribution in [0.25, 0.3) is 0 Å². The Bertz CT molecular complexity index is 458. The van der Waals surface area contributed by atoms with Crippen molar-refractivity contribution in [3.63, 3.8) is 0 Å². The first-order valence-corrected chi connectivity index (χ1v) is 5.84. The lowest BCUT2D eigenvalue weighted by atomic mass is 9.96. The van der Waals surface area contributed by atoms with E-state index in [2.05, 4.69) is 17.2 Å². The number of carbonyl (C=O) groups is 1. The van der Waals surface area contributed by atoms with E-state index in [1.807, 2.05) is 45.0 Å². The molecule has 0 aromatic heterocycles. The fourth-order valence-electron chi connectivity index (χ4n) is 1.21. The van der Waals surface area contributed by atoms with Crippen LogP contribution in [0.15, 0.2) is 24.3 Å². The molecule has 0 aliphatic carbocycles. The highest BCUT2D eigenvalue weighted by Crippen LogP contribution is 2.12. The Morgan fingerprint density at radius 1 is 1.28 bits per heavy atom. The van der Waals surface area contributed by atoms with E-state index in [0.717, 1.165) is 11.3 Å². The van der Waals surface area contributed by atoms with Crippen LogP contribution in [0.1, 0.15) is 26.3 Å². The van der Waals surface area contributed by atoms with Crippen molar-refractivity contribution in [2.75, 3.05) is 13.7 Å². The molecule has 3 heteroatoms. The second-order valence-electron chi connectivity index (χ2n) is 4.96. The van der Waals surface area contributed by atoms with Gasteiger partial charge in [0, 0.05) is 11.0 Å². The summed E-state index contributed by atoms with van der Waals surface area (Å²) in [4.78, 5) is 11.6. The van der Waals surface area contributed by atoms with E-state index in [0.29, 0.717) is 6.54 Å².